The lowest BCUT2D eigenvalue weighted by atomic mass is 9.91. The van der Waals surface area contributed by atoms with Crippen molar-refractivity contribution in [3.8, 4) is 0 Å². The molecule has 4 nitrogen and oxygen atoms in total. The Morgan fingerprint density at radius 2 is 2.19 bits per heavy atom. The number of halogens is 3. The first-order valence-electron chi connectivity index (χ1n) is 6.66. The van der Waals surface area contributed by atoms with Crippen molar-refractivity contribution in [1.29, 1.82) is 0 Å². The fourth-order valence-corrected chi connectivity index (χ4v) is 3.35. The Labute approximate surface area is 123 Å². The van der Waals surface area contributed by atoms with E-state index in [2.05, 4.69) is 17.1 Å². The summed E-state index contributed by atoms with van der Waals surface area (Å²) in [6.45, 7) is 2.79. The van der Waals surface area contributed by atoms with Crippen molar-refractivity contribution in [3.63, 3.8) is 0 Å². The number of hydrogen-bond donors (Lipinski definition) is 0. The molecule has 21 heavy (non-hydrogen) atoms. The molecule has 0 aliphatic carbocycles. The van der Waals surface area contributed by atoms with Gasteiger partial charge in [0.2, 0.25) is 10.1 Å². The van der Waals surface area contributed by atoms with E-state index in [1.807, 2.05) is 11.0 Å². The summed E-state index contributed by atoms with van der Waals surface area (Å²) >= 11 is 0.586. The maximum Gasteiger partial charge on any atom is 0.445 e. The summed E-state index contributed by atoms with van der Waals surface area (Å²) in [6, 6.07) is 3.55. The van der Waals surface area contributed by atoms with Gasteiger partial charge in [0.05, 0.1) is 12.3 Å². The van der Waals surface area contributed by atoms with Gasteiger partial charge in [-0.3, -0.25) is 0 Å². The van der Waals surface area contributed by atoms with Crippen molar-refractivity contribution in [3.05, 3.63) is 29.2 Å². The average Bonchev–Trinajstić information content (AvgIpc) is 3.09. The smallest absolute Gasteiger partial charge is 0.445 e. The van der Waals surface area contributed by atoms with E-state index in [0.29, 0.717) is 28.9 Å². The van der Waals surface area contributed by atoms with E-state index in [-0.39, 0.29) is 6.04 Å². The molecule has 0 saturated carbocycles. The predicted molar refractivity (Wildman–Crippen MR) is 72.1 cm³/mol. The van der Waals surface area contributed by atoms with Crippen LogP contribution in [0.4, 0.5) is 18.3 Å². The number of piperidine rings is 1. The molecule has 1 saturated heterocycles. The summed E-state index contributed by atoms with van der Waals surface area (Å²) in [5.74, 6) is 1.25. The van der Waals surface area contributed by atoms with E-state index in [4.69, 9.17) is 4.42 Å². The topological polar surface area (TPSA) is 42.2 Å². The zero-order chi connectivity index (χ0) is 15.0. The Bertz CT molecular complexity index is 596. The normalized spacial score (nSPS) is 23.5. The van der Waals surface area contributed by atoms with Gasteiger partial charge in [-0.05, 0) is 30.9 Å². The zero-order valence-electron chi connectivity index (χ0n) is 11.3. The molecule has 0 N–H and O–H groups in total. The summed E-state index contributed by atoms with van der Waals surface area (Å²) in [5, 5.41) is 6.39. The Morgan fingerprint density at radius 3 is 2.81 bits per heavy atom. The molecule has 0 spiro atoms. The van der Waals surface area contributed by atoms with Crippen molar-refractivity contribution in [1.82, 2.24) is 10.2 Å². The first-order chi connectivity index (χ1) is 9.95. The lowest BCUT2D eigenvalue weighted by molar-refractivity contribution is -0.138. The first kappa shape index (κ1) is 14.4. The van der Waals surface area contributed by atoms with E-state index in [9.17, 15) is 13.2 Å². The van der Waals surface area contributed by atoms with Crippen LogP contribution in [-0.2, 0) is 6.18 Å². The van der Waals surface area contributed by atoms with Gasteiger partial charge in [-0.15, -0.1) is 10.2 Å². The molecule has 2 aromatic rings. The molecule has 0 bridgehead atoms. The van der Waals surface area contributed by atoms with Gasteiger partial charge in [-0.25, -0.2) is 0 Å². The summed E-state index contributed by atoms with van der Waals surface area (Å²) in [4.78, 5) is 1.87. The molecular weight excluding hydrogens is 303 g/mol. The summed E-state index contributed by atoms with van der Waals surface area (Å²) in [6.07, 6.45) is -1.13. The summed E-state index contributed by atoms with van der Waals surface area (Å²) in [7, 11) is 0. The Kier molecular flexibility index (Phi) is 3.64. The van der Waals surface area contributed by atoms with Crippen molar-refractivity contribution >= 4 is 16.5 Å². The van der Waals surface area contributed by atoms with Crippen LogP contribution in [0.1, 0.15) is 36.6 Å². The lowest BCUT2D eigenvalue weighted by Gasteiger charge is -2.36. The minimum absolute atomic E-state index is 0.0854. The monoisotopic (exact) mass is 317 g/mol. The molecular formula is C13H14F3N3OS. The minimum atomic E-state index is -4.45. The number of alkyl halides is 3. The molecule has 1 aliphatic rings. The van der Waals surface area contributed by atoms with Crippen LogP contribution in [0.5, 0.6) is 0 Å². The molecule has 0 radical (unpaired) electrons. The van der Waals surface area contributed by atoms with Crippen LogP contribution < -0.4 is 4.90 Å². The molecule has 0 amide bonds. The van der Waals surface area contributed by atoms with Crippen molar-refractivity contribution in [2.24, 2.45) is 5.92 Å². The van der Waals surface area contributed by atoms with Gasteiger partial charge < -0.3 is 9.32 Å². The number of hydrogen-bond acceptors (Lipinski definition) is 5. The largest absolute Gasteiger partial charge is 0.467 e. The van der Waals surface area contributed by atoms with Gasteiger partial charge in [0, 0.05) is 6.54 Å². The van der Waals surface area contributed by atoms with Gasteiger partial charge in [0.1, 0.15) is 5.76 Å². The van der Waals surface area contributed by atoms with E-state index < -0.39 is 11.2 Å². The van der Waals surface area contributed by atoms with Gasteiger partial charge in [-0.2, -0.15) is 13.2 Å². The fraction of sp³-hybridized carbons (Fsp3) is 0.538. The number of rotatable bonds is 2. The molecule has 114 valence electrons. The second-order valence-corrected chi connectivity index (χ2v) is 6.20. The van der Waals surface area contributed by atoms with Crippen LogP contribution in [0.15, 0.2) is 22.8 Å². The van der Waals surface area contributed by atoms with Crippen molar-refractivity contribution < 1.29 is 17.6 Å². The van der Waals surface area contributed by atoms with E-state index in [1.54, 1.807) is 12.3 Å². The van der Waals surface area contributed by atoms with Crippen LogP contribution in [0, 0.1) is 5.92 Å². The third-order valence-corrected chi connectivity index (χ3v) is 4.64. The van der Waals surface area contributed by atoms with Crippen molar-refractivity contribution in [2.45, 2.75) is 32.0 Å². The van der Waals surface area contributed by atoms with Gasteiger partial charge >= 0.3 is 6.18 Å². The average molecular weight is 317 g/mol. The third kappa shape index (κ3) is 2.90. The van der Waals surface area contributed by atoms with Crippen LogP contribution in [0.2, 0.25) is 0 Å². The zero-order valence-corrected chi connectivity index (χ0v) is 12.1. The molecule has 3 heterocycles. The maximum absolute atomic E-state index is 12.7. The van der Waals surface area contributed by atoms with Crippen LogP contribution in [-0.4, -0.2) is 16.7 Å². The SMILES string of the molecule is CC1CCN(c2nnc(C(F)(F)F)s2)C(c2ccco2)C1. The molecule has 3 rings (SSSR count). The second kappa shape index (κ2) is 5.32. The number of aromatic nitrogens is 2. The Hall–Kier alpha value is -1.57. The number of nitrogens with zero attached hydrogens (tertiary/aromatic N) is 3. The molecule has 2 unspecified atom stereocenters. The quantitative estimate of drug-likeness (QED) is 0.835. The molecule has 8 heteroatoms. The van der Waals surface area contributed by atoms with E-state index >= 15 is 0 Å². The highest BCUT2D eigenvalue weighted by molar-refractivity contribution is 7.15. The van der Waals surface area contributed by atoms with Crippen LogP contribution >= 0.6 is 11.3 Å². The minimum Gasteiger partial charge on any atom is -0.467 e. The highest BCUT2D eigenvalue weighted by atomic mass is 32.1. The maximum atomic E-state index is 12.7. The first-order valence-corrected chi connectivity index (χ1v) is 7.47. The van der Waals surface area contributed by atoms with Crippen LogP contribution in [0.3, 0.4) is 0 Å². The molecule has 2 aromatic heterocycles. The lowest BCUT2D eigenvalue weighted by Crippen LogP contribution is -2.36. The summed E-state index contributed by atoms with van der Waals surface area (Å²) in [5.41, 5.74) is 0. The second-order valence-electron chi connectivity index (χ2n) is 5.24. The highest BCUT2D eigenvalue weighted by Gasteiger charge is 2.38. The Balaban J connectivity index is 1.90. The molecule has 1 fully saturated rings. The van der Waals surface area contributed by atoms with Gasteiger partial charge in [-0.1, -0.05) is 18.3 Å². The van der Waals surface area contributed by atoms with Crippen LogP contribution in [0.25, 0.3) is 0 Å². The highest BCUT2D eigenvalue weighted by Crippen LogP contribution is 2.41. The molecule has 1 aliphatic heterocycles. The standard InChI is InChI=1S/C13H14F3N3OS/c1-8-4-5-19(9(7-8)10-3-2-6-20-10)12-18-17-11(21-12)13(14,15)16/h2-3,6,8-9H,4-5,7H2,1H3. The van der Waals surface area contributed by atoms with Gasteiger partial charge in [0.25, 0.3) is 0 Å². The molecule has 0 aromatic carbocycles. The summed E-state index contributed by atoms with van der Waals surface area (Å²) < 4.78 is 43.5. The van der Waals surface area contributed by atoms with Gasteiger partial charge in [0.15, 0.2) is 0 Å². The van der Waals surface area contributed by atoms with Crippen molar-refractivity contribution in [2.75, 3.05) is 11.4 Å². The van der Waals surface area contributed by atoms with E-state index in [1.165, 1.54) is 0 Å². The number of anilines is 1. The molecule has 2 atom stereocenters. The number of furan rings is 1. The predicted octanol–water partition coefficient (Wildman–Crippen LogP) is 4.13. The fourth-order valence-electron chi connectivity index (χ4n) is 2.57. The third-order valence-electron chi connectivity index (χ3n) is 3.64. The Morgan fingerprint density at radius 1 is 1.38 bits per heavy atom. The van der Waals surface area contributed by atoms with E-state index in [0.717, 1.165) is 18.6 Å².